The van der Waals surface area contributed by atoms with Gasteiger partial charge in [-0.2, -0.15) is 24.9 Å². The standard InChI is InChI=1S/C38H56ClF3N4O4S/c1-21-16-29(35-34(43-21)31(20-51-35)37(48)49)28-18-26(39)6-9-33(28)50-15-14-46-22(2)44-32-8-7-27(19-30(32)36(46)47)45-12-10-23(11-13-45)24-4-3-5-25(17-24)38(40,41)42/h21,23-29,31,33-35,43H,3-20H2,1-2H3,(H,48,49). The number of aliphatic carboxylic acids is 1. The van der Waals surface area contributed by atoms with Crippen molar-refractivity contribution >= 4 is 29.3 Å². The van der Waals surface area contributed by atoms with Gasteiger partial charge in [0.1, 0.15) is 5.82 Å². The highest BCUT2D eigenvalue weighted by Crippen LogP contribution is 2.49. The normalized spacial score (nSPS) is 38.3. The molecule has 51 heavy (non-hydrogen) atoms. The van der Waals surface area contributed by atoms with E-state index in [2.05, 4.69) is 17.1 Å². The van der Waals surface area contributed by atoms with Crippen LogP contribution in [-0.2, 0) is 28.9 Å². The number of nitrogens with zero attached hydrogens (tertiary/aromatic N) is 3. The van der Waals surface area contributed by atoms with Crippen LogP contribution in [-0.4, -0.2) is 92.0 Å². The maximum atomic E-state index is 14.0. The second-order valence-corrected chi connectivity index (χ2v) is 18.5. The first-order valence-corrected chi connectivity index (χ1v) is 21.1. The van der Waals surface area contributed by atoms with Crippen molar-refractivity contribution in [2.45, 2.75) is 145 Å². The summed E-state index contributed by atoms with van der Waals surface area (Å²) in [5.74, 6) is 0.197. The van der Waals surface area contributed by atoms with Gasteiger partial charge >= 0.3 is 12.1 Å². The zero-order valence-electron chi connectivity index (χ0n) is 30.1. The van der Waals surface area contributed by atoms with Crippen LogP contribution < -0.4 is 10.9 Å². The van der Waals surface area contributed by atoms with Gasteiger partial charge in [0, 0.05) is 40.1 Å². The largest absolute Gasteiger partial charge is 0.481 e. The van der Waals surface area contributed by atoms with E-state index in [9.17, 15) is 27.9 Å². The number of carboxylic acid groups (broad SMARTS) is 1. The molecule has 2 N–H and O–H groups in total. The van der Waals surface area contributed by atoms with Crippen molar-refractivity contribution in [1.82, 2.24) is 19.8 Å². The second kappa shape index (κ2) is 15.8. The molecular weight excluding hydrogens is 701 g/mol. The summed E-state index contributed by atoms with van der Waals surface area (Å²) in [6, 6.07) is 0.444. The molecule has 0 spiro atoms. The summed E-state index contributed by atoms with van der Waals surface area (Å²) in [6.07, 6.45) is 5.94. The molecule has 4 heterocycles. The Hall–Kier alpha value is -1.34. The summed E-state index contributed by atoms with van der Waals surface area (Å²) in [5.41, 5.74) is 1.74. The average molecular weight is 757 g/mol. The molecule has 0 bridgehead atoms. The molecule has 286 valence electrons. The fourth-order valence-corrected chi connectivity index (χ4v) is 13.2. The number of rotatable bonds is 8. The van der Waals surface area contributed by atoms with Crippen LogP contribution in [0.2, 0.25) is 0 Å². The first-order chi connectivity index (χ1) is 24.4. The lowest BCUT2D eigenvalue weighted by molar-refractivity contribution is -0.187. The molecule has 0 aromatic carbocycles. The number of aryl methyl sites for hydroxylation is 2. The van der Waals surface area contributed by atoms with Crippen LogP contribution in [0.1, 0.15) is 94.6 Å². The molecule has 11 atom stereocenters. The zero-order valence-corrected chi connectivity index (χ0v) is 31.7. The number of ether oxygens (including phenoxy) is 1. The van der Waals surface area contributed by atoms with E-state index in [1.807, 2.05) is 6.92 Å². The number of aromatic nitrogens is 2. The van der Waals surface area contributed by atoms with E-state index < -0.39 is 18.1 Å². The topological polar surface area (TPSA) is 96.7 Å². The molecule has 5 fully saturated rings. The van der Waals surface area contributed by atoms with Crippen molar-refractivity contribution in [2.75, 3.05) is 25.4 Å². The molecule has 3 saturated heterocycles. The van der Waals surface area contributed by atoms with E-state index in [0.29, 0.717) is 55.8 Å². The van der Waals surface area contributed by atoms with Crippen molar-refractivity contribution in [2.24, 2.45) is 35.5 Å². The molecule has 1 aromatic rings. The number of carboxylic acids is 1. The van der Waals surface area contributed by atoms with E-state index in [-0.39, 0.29) is 64.6 Å². The highest BCUT2D eigenvalue weighted by atomic mass is 35.5. The number of likely N-dealkylation sites (tertiary alicyclic amines) is 1. The minimum absolute atomic E-state index is 0.0160. The fraction of sp³-hybridized carbons (Fsp3) is 0.868. The third-order valence-corrected chi connectivity index (χ3v) is 15.7. The Morgan fingerprint density at radius 2 is 1.84 bits per heavy atom. The number of hydrogen-bond acceptors (Lipinski definition) is 7. The molecule has 1 aromatic heterocycles. The molecule has 3 aliphatic carbocycles. The van der Waals surface area contributed by atoms with Gasteiger partial charge in [-0.05, 0) is 121 Å². The Balaban J connectivity index is 0.964. The van der Waals surface area contributed by atoms with Crippen molar-refractivity contribution < 1.29 is 27.8 Å². The SMILES string of the molecule is Cc1nc2c(c(=O)n1CCOC1CCC(Cl)CC1C1CC(C)NC3C(C(=O)O)CSC13)CC(N1CCC(C3CCCC(C(F)(F)F)C3)CC1)CC2. The predicted octanol–water partition coefficient (Wildman–Crippen LogP) is 6.47. The van der Waals surface area contributed by atoms with Crippen molar-refractivity contribution in [3.05, 3.63) is 27.4 Å². The van der Waals surface area contributed by atoms with Crippen LogP contribution in [0.5, 0.6) is 0 Å². The summed E-state index contributed by atoms with van der Waals surface area (Å²) in [7, 11) is 0. The van der Waals surface area contributed by atoms with Crippen LogP contribution in [0.3, 0.4) is 0 Å². The summed E-state index contributed by atoms with van der Waals surface area (Å²) in [6.45, 7) is 6.67. The lowest BCUT2D eigenvalue weighted by Gasteiger charge is -2.47. The maximum absolute atomic E-state index is 14.0. The van der Waals surface area contributed by atoms with Gasteiger partial charge in [-0.15, -0.1) is 11.6 Å². The van der Waals surface area contributed by atoms with E-state index >= 15 is 0 Å². The summed E-state index contributed by atoms with van der Waals surface area (Å²) in [4.78, 5) is 33.4. The third-order valence-electron chi connectivity index (χ3n) is 13.7. The monoisotopic (exact) mass is 756 g/mol. The molecule has 2 saturated carbocycles. The number of thioether (sulfide) groups is 1. The molecule has 8 nitrogen and oxygen atoms in total. The number of piperidine rings is 2. The number of fused-ring (bicyclic) bond motifs is 2. The molecule has 6 aliphatic rings. The Bertz CT molecular complexity index is 1460. The fourth-order valence-electron chi connectivity index (χ4n) is 11.0. The van der Waals surface area contributed by atoms with Crippen LogP contribution in [0.15, 0.2) is 4.79 Å². The Labute approximate surface area is 309 Å². The van der Waals surface area contributed by atoms with Crippen LogP contribution in [0, 0.1) is 42.4 Å². The van der Waals surface area contributed by atoms with Gasteiger partial charge in [-0.3, -0.25) is 14.2 Å². The van der Waals surface area contributed by atoms with E-state index in [0.717, 1.165) is 82.1 Å². The van der Waals surface area contributed by atoms with E-state index in [1.54, 1.807) is 16.3 Å². The van der Waals surface area contributed by atoms with Gasteiger partial charge in [0.2, 0.25) is 0 Å². The predicted molar refractivity (Wildman–Crippen MR) is 193 cm³/mol. The minimum Gasteiger partial charge on any atom is -0.481 e. The van der Waals surface area contributed by atoms with Gasteiger partial charge in [0.25, 0.3) is 5.56 Å². The Morgan fingerprint density at radius 1 is 1.06 bits per heavy atom. The minimum atomic E-state index is -4.08. The van der Waals surface area contributed by atoms with Crippen molar-refractivity contribution in [1.29, 1.82) is 0 Å². The van der Waals surface area contributed by atoms with Crippen LogP contribution in [0.4, 0.5) is 13.2 Å². The third kappa shape index (κ3) is 8.20. The van der Waals surface area contributed by atoms with Crippen molar-refractivity contribution in [3.63, 3.8) is 0 Å². The highest BCUT2D eigenvalue weighted by molar-refractivity contribution is 8.00. The summed E-state index contributed by atoms with van der Waals surface area (Å²) < 4.78 is 48.8. The van der Waals surface area contributed by atoms with Crippen molar-refractivity contribution in [3.8, 4) is 0 Å². The zero-order chi connectivity index (χ0) is 36.0. The van der Waals surface area contributed by atoms with Crippen LogP contribution in [0.25, 0.3) is 0 Å². The van der Waals surface area contributed by atoms with Gasteiger partial charge in [-0.25, -0.2) is 4.98 Å². The molecule has 3 aliphatic heterocycles. The number of carbonyl (C=O) groups is 1. The van der Waals surface area contributed by atoms with E-state index in [1.165, 1.54) is 0 Å². The molecular formula is C38H56ClF3N4O4S. The molecule has 7 rings (SSSR count). The van der Waals surface area contributed by atoms with Gasteiger partial charge in [0.15, 0.2) is 0 Å². The van der Waals surface area contributed by atoms with E-state index in [4.69, 9.17) is 21.3 Å². The van der Waals surface area contributed by atoms with Gasteiger partial charge < -0.3 is 20.1 Å². The quantitative estimate of drug-likeness (QED) is 0.292. The van der Waals surface area contributed by atoms with Gasteiger partial charge in [0.05, 0.1) is 36.8 Å². The highest BCUT2D eigenvalue weighted by Gasteiger charge is 2.52. The molecule has 0 radical (unpaired) electrons. The average Bonchev–Trinajstić information content (AvgIpc) is 3.54. The number of alkyl halides is 4. The second-order valence-electron chi connectivity index (χ2n) is 16.7. The molecule has 0 amide bonds. The lowest BCUT2D eigenvalue weighted by atomic mass is 9.70. The number of hydrogen-bond donors (Lipinski definition) is 2. The smallest absolute Gasteiger partial charge is 0.391 e. The lowest BCUT2D eigenvalue weighted by Crippen LogP contribution is -2.57. The number of halogens is 4. The molecule has 11 unspecified atom stereocenters. The first-order valence-electron chi connectivity index (χ1n) is 19.6. The Kier molecular flexibility index (Phi) is 11.8. The summed E-state index contributed by atoms with van der Waals surface area (Å²) >= 11 is 8.55. The van der Waals surface area contributed by atoms with Gasteiger partial charge in [-0.1, -0.05) is 12.8 Å². The summed E-state index contributed by atoms with van der Waals surface area (Å²) in [5, 5.41) is 13.8. The molecule has 13 heteroatoms. The number of nitrogens with one attached hydrogen (secondary N) is 1. The first kappa shape index (κ1) is 38.0. The Morgan fingerprint density at radius 3 is 2.59 bits per heavy atom. The maximum Gasteiger partial charge on any atom is 0.391 e. The van der Waals surface area contributed by atoms with Crippen LogP contribution >= 0.6 is 23.4 Å².